The van der Waals surface area contributed by atoms with Gasteiger partial charge in [-0.2, -0.15) is 17.0 Å². The summed E-state index contributed by atoms with van der Waals surface area (Å²) in [7, 11) is -3.76. The van der Waals surface area contributed by atoms with E-state index in [9.17, 15) is 18.3 Å². The van der Waals surface area contributed by atoms with Gasteiger partial charge in [0.2, 0.25) is 0 Å². The highest BCUT2D eigenvalue weighted by Gasteiger charge is 2.45. The van der Waals surface area contributed by atoms with E-state index in [4.69, 9.17) is 5.11 Å². The molecule has 2 saturated heterocycles. The number of hydrogen-bond donors (Lipinski definition) is 2. The molecule has 2 rings (SSSR count). The largest absolute Gasteiger partial charge is 0.480 e. The Morgan fingerprint density at radius 1 is 1.17 bits per heavy atom. The summed E-state index contributed by atoms with van der Waals surface area (Å²) in [6.07, 6.45) is 1.66. The van der Waals surface area contributed by atoms with Crippen LogP contribution in [0.1, 0.15) is 25.7 Å². The van der Waals surface area contributed by atoms with Crippen LogP contribution in [0.2, 0.25) is 0 Å². The third-order valence-electron chi connectivity index (χ3n) is 3.46. The molecule has 2 atom stereocenters. The molecule has 2 aliphatic rings. The molecule has 0 aromatic rings. The number of hydrogen-bond acceptors (Lipinski definition) is 4. The Morgan fingerprint density at radius 3 is 2.33 bits per heavy atom. The van der Waals surface area contributed by atoms with Crippen molar-refractivity contribution in [2.75, 3.05) is 19.6 Å². The van der Waals surface area contributed by atoms with Gasteiger partial charge in [0.15, 0.2) is 0 Å². The number of piperidine rings is 1. The molecule has 2 fully saturated rings. The number of β-amino-alcohol motifs (C(OH)–C–C–N with tert-alkyl or cyclic N) is 1. The van der Waals surface area contributed by atoms with Gasteiger partial charge in [-0.15, -0.1) is 0 Å². The van der Waals surface area contributed by atoms with E-state index in [0.717, 1.165) is 23.6 Å². The molecule has 0 aliphatic carbocycles. The highest BCUT2D eigenvalue weighted by atomic mass is 32.2. The van der Waals surface area contributed by atoms with E-state index in [2.05, 4.69) is 0 Å². The van der Waals surface area contributed by atoms with Gasteiger partial charge >= 0.3 is 5.97 Å². The van der Waals surface area contributed by atoms with Crippen molar-refractivity contribution in [2.45, 2.75) is 37.8 Å². The maximum Gasteiger partial charge on any atom is 0.322 e. The van der Waals surface area contributed by atoms with E-state index in [1.54, 1.807) is 0 Å². The second-order valence-corrected chi connectivity index (χ2v) is 6.66. The summed E-state index contributed by atoms with van der Waals surface area (Å²) in [6, 6.07) is -1.15. The van der Waals surface area contributed by atoms with E-state index in [-0.39, 0.29) is 13.0 Å². The van der Waals surface area contributed by atoms with E-state index < -0.39 is 28.3 Å². The van der Waals surface area contributed by atoms with Crippen molar-refractivity contribution in [3.63, 3.8) is 0 Å². The van der Waals surface area contributed by atoms with Crippen molar-refractivity contribution in [3.05, 3.63) is 0 Å². The van der Waals surface area contributed by atoms with E-state index in [0.29, 0.717) is 13.1 Å². The van der Waals surface area contributed by atoms with Crippen molar-refractivity contribution in [3.8, 4) is 0 Å². The molecule has 104 valence electrons. The number of aliphatic hydroxyl groups excluding tert-OH is 1. The molecule has 0 bridgehead atoms. The Labute approximate surface area is 106 Å². The molecule has 7 nitrogen and oxygen atoms in total. The molecule has 2 heterocycles. The average molecular weight is 278 g/mol. The van der Waals surface area contributed by atoms with Crippen LogP contribution in [0, 0.1) is 0 Å². The molecule has 1 unspecified atom stereocenters. The van der Waals surface area contributed by atoms with Gasteiger partial charge in [0.05, 0.1) is 6.10 Å². The normalized spacial score (nSPS) is 31.6. The van der Waals surface area contributed by atoms with Crippen molar-refractivity contribution >= 4 is 16.2 Å². The summed E-state index contributed by atoms with van der Waals surface area (Å²) in [6.45, 7) is 0.734. The Hall–Kier alpha value is -0.700. The highest BCUT2D eigenvalue weighted by molar-refractivity contribution is 7.86. The lowest BCUT2D eigenvalue weighted by Crippen LogP contribution is -2.50. The number of carboxylic acids is 1. The van der Waals surface area contributed by atoms with Crippen molar-refractivity contribution in [1.29, 1.82) is 0 Å². The molecule has 0 spiro atoms. The lowest BCUT2D eigenvalue weighted by molar-refractivity contribution is -0.140. The second kappa shape index (κ2) is 5.12. The standard InChI is InChI=1S/C10H18N2O5S/c13-8-6-9(10(14)15)12(7-8)18(16,17)11-4-2-1-3-5-11/h8-9,13H,1-7H2,(H,14,15)/t8?,9-/m0/s1. The third-order valence-corrected chi connectivity index (χ3v) is 5.47. The van der Waals surface area contributed by atoms with Crippen LogP contribution < -0.4 is 0 Å². The predicted octanol–water partition coefficient (Wildman–Crippen LogP) is -0.763. The highest BCUT2D eigenvalue weighted by Crippen LogP contribution is 2.25. The molecular weight excluding hydrogens is 260 g/mol. The molecular formula is C10H18N2O5S. The second-order valence-electron chi connectivity index (χ2n) is 4.78. The first kappa shape index (κ1) is 13.7. The van der Waals surface area contributed by atoms with Gasteiger partial charge in [0.1, 0.15) is 6.04 Å². The maximum absolute atomic E-state index is 12.3. The van der Waals surface area contributed by atoms with Gasteiger partial charge in [-0.05, 0) is 12.8 Å². The topological polar surface area (TPSA) is 98.1 Å². The molecule has 2 aliphatic heterocycles. The molecule has 0 amide bonds. The van der Waals surface area contributed by atoms with E-state index in [1.807, 2.05) is 0 Å². The monoisotopic (exact) mass is 278 g/mol. The van der Waals surface area contributed by atoms with Crippen LogP contribution in [0.25, 0.3) is 0 Å². The van der Waals surface area contributed by atoms with Gasteiger partial charge in [-0.3, -0.25) is 4.79 Å². The maximum atomic E-state index is 12.3. The molecule has 0 saturated carbocycles. The summed E-state index contributed by atoms with van der Waals surface area (Å²) < 4.78 is 26.9. The fourth-order valence-corrected chi connectivity index (χ4v) is 4.38. The first-order chi connectivity index (χ1) is 8.43. The number of rotatable bonds is 3. The number of carbonyl (C=O) groups is 1. The first-order valence-electron chi connectivity index (χ1n) is 6.10. The quantitative estimate of drug-likeness (QED) is 0.707. The zero-order chi connectivity index (χ0) is 13.3. The zero-order valence-corrected chi connectivity index (χ0v) is 10.8. The van der Waals surface area contributed by atoms with Crippen LogP contribution in [0.3, 0.4) is 0 Å². The number of aliphatic hydroxyl groups is 1. The van der Waals surface area contributed by atoms with Crippen LogP contribution in [0.15, 0.2) is 0 Å². The molecule has 0 aromatic heterocycles. The number of nitrogens with zero attached hydrogens (tertiary/aromatic N) is 2. The Bertz CT molecular complexity index is 418. The van der Waals surface area contributed by atoms with Crippen molar-refractivity contribution in [2.24, 2.45) is 0 Å². The van der Waals surface area contributed by atoms with Crippen molar-refractivity contribution in [1.82, 2.24) is 8.61 Å². The molecule has 2 N–H and O–H groups in total. The Kier molecular flexibility index (Phi) is 3.90. The molecule has 0 radical (unpaired) electrons. The lowest BCUT2D eigenvalue weighted by Gasteiger charge is -2.31. The predicted molar refractivity (Wildman–Crippen MR) is 63.1 cm³/mol. The van der Waals surface area contributed by atoms with Crippen LogP contribution in [0.4, 0.5) is 0 Å². The van der Waals surface area contributed by atoms with E-state index >= 15 is 0 Å². The van der Waals surface area contributed by atoms with Crippen LogP contribution >= 0.6 is 0 Å². The minimum atomic E-state index is -3.76. The summed E-state index contributed by atoms with van der Waals surface area (Å²) in [5.74, 6) is -1.20. The summed E-state index contributed by atoms with van der Waals surface area (Å²) in [5.41, 5.74) is 0. The zero-order valence-electron chi connectivity index (χ0n) is 10.0. The fourth-order valence-electron chi connectivity index (χ4n) is 2.51. The average Bonchev–Trinajstić information content (AvgIpc) is 2.73. The van der Waals surface area contributed by atoms with Gasteiger partial charge < -0.3 is 10.2 Å². The van der Waals surface area contributed by atoms with E-state index in [1.165, 1.54) is 4.31 Å². The van der Waals surface area contributed by atoms with Crippen LogP contribution in [-0.2, 0) is 15.0 Å². The van der Waals surface area contributed by atoms with Gasteiger partial charge in [-0.25, -0.2) is 0 Å². The van der Waals surface area contributed by atoms with Crippen LogP contribution in [-0.4, -0.2) is 65.0 Å². The molecule has 8 heteroatoms. The first-order valence-corrected chi connectivity index (χ1v) is 7.50. The summed E-state index contributed by atoms with van der Waals surface area (Å²) >= 11 is 0. The fraction of sp³-hybridized carbons (Fsp3) is 0.900. The Balaban J connectivity index is 2.20. The number of aliphatic carboxylic acids is 1. The lowest BCUT2D eigenvalue weighted by atomic mass is 10.2. The smallest absolute Gasteiger partial charge is 0.322 e. The third kappa shape index (κ3) is 2.51. The summed E-state index contributed by atoms with van der Waals surface area (Å²) in [5, 5.41) is 18.5. The van der Waals surface area contributed by atoms with Gasteiger partial charge in [0.25, 0.3) is 10.2 Å². The SMILES string of the molecule is O=C(O)[C@@H]1CC(O)CN1S(=O)(=O)N1CCCCC1. The summed E-state index contributed by atoms with van der Waals surface area (Å²) in [4.78, 5) is 11.1. The minimum Gasteiger partial charge on any atom is -0.480 e. The van der Waals surface area contributed by atoms with Gasteiger partial charge in [0, 0.05) is 26.1 Å². The van der Waals surface area contributed by atoms with Crippen molar-refractivity contribution < 1.29 is 23.4 Å². The van der Waals surface area contributed by atoms with Gasteiger partial charge in [-0.1, -0.05) is 6.42 Å². The minimum absolute atomic E-state index is 0.0393. The number of carboxylic acid groups (broad SMARTS) is 1. The molecule has 0 aromatic carbocycles. The Morgan fingerprint density at radius 2 is 1.78 bits per heavy atom. The molecule has 18 heavy (non-hydrogen) atoms. The van der Waals surface area contributed by atoms with Crippen LogP contribution in [0.5, 0.6) is 0 Å².